The maximum absolute atomic E-state index is 12.1. The van der Waals surface area contributed by atoms with Gasteiger partial charge in [-0.15, -0.1) is 0 Å². The molecule has 0 unspecified atom stereocenters. The SMILES string of the molecule is CC(=O)c1sc(N2N=C3/C(=C\c4ccc(Br)cc4)CCC[C@@H]3[C@@H]2c2ccc(Br)cc2)nc1C. The van der Waals surface area contributed by atoms with Gasteiger partial charge in [-0.25, -0.2) is 9.99 Å². The highest BCUT2D eigenvalue weighted by Gasteiger charge is 2.43. The van der Waals surface area contributed by atoms with E-state index in [1.54, 1.807) is 6.92 Å². The van der Waals surface area contributed by atoms with Crippen molar-refractivity contribution < 1.29 is 4.79 Å². The van der Waals surface area contributed by atoms with Gasteiger partial charge >= 0.3 is 0 Å². The Kier molecular flexibility index (Phi) is 6.38. The molecule has 1 aromatic heterocycles. The number of aryl methyl sites for hydroxylation is 1. The monoisotopic (exact) mass is 583 g/mol. The van der Waals surface area contributed by atoms with Gasteiger partial charge in [0.25, 0.3) is 0 Å². The summed E-state index contributed by atoms with van der Waals surface area (Å²) in [5, 5.41) is 8.02. The molecule has 4 nitrogen and oxygen atoms in total. The summed E-state index contributed by atoms with van der Waals surface area (Å²) in [5.41, 5.74) is 5.61. The summed E-state index contributed by atoms with van der Waals surface area (Å²) in [6, 6.07) is 17.0. The lowest BCUT2D eigenvalue weighted by Crippen LogP contribution is -2.28. The van der Waals surface area contributed by atoms with Crippen molar-refractivity contribution in [3.63, 3.8) is 0 Å². The highest BCUT2D eigenvalue weighted by Crippen LogP contribution is 2.47. The van der Waals surface area contributed by atoms with Crippen LogP contribution in [0.5, 0.6) is 0 Å². The molecule has 0 saturated heterocycles. The van der Waals surface area contributed by atoms with Crippen molar-refractivity contribution in [3.05, 3.63) is 84.7 Å². The molecule has 5 rings (SSSR count). The first-order valence-corrected chi connectivity index (χ1v) is 13.4. The van der Waals surface area contributed by atoms with Crippen LogP contribution in [-0.2, 0) is 0 Å². The third kappa shape index (κ3) is 4.51. The van der Waals surface area contributed by atoms with E-state index in [0.717, 1.165) is 44.7 Å². The number of hydrogen-bond donors (Lipinski definition) is 0. The second-order valence-corrected chi connectivity index (χ2v) is 11.3. The van der Waals surface area contributed by atoms with Crippen molar-refractivity contribution in [1.29, 1.82) is 0 Å². The van der Waals surface area contributed by atoms with E-state index < -0.39 is 0 Å². The zero-order chi connectivity index (χ0) is 23.1. The third-order valence-corrected chi connectivity index (χ3v) is 8.53. The number of carbonyl (C=O) groups is 1. The van der Waals surface area contributed by atoms with Crippen LogP contribution in [-0.4, -0.2) is 16.5 Å². The number of benzene rings is 2. The van der Waals surface area contributed by atoms with Crippen molar-refractivity contribution in [2.45, 2.75) is 39.2 Å². The van der Waals surface area contributed by atoms with Crippen molar-refractivity contribution >= 4 is 65.9 Å². The van der Waals surface area contributed by atoms with Crippen molar-refractivity contribution in [1.82, 2.24) is 4.98 Å². The van der Waals surface area contributed by atoms with Crippen molar-refractivity contribution in [3.8, 4) is 0 Å². The number of halogens is 2. The number of carbonyl (C=O) groups excluding carboxylic acids is 1. The average molecular weight is 585 g/mol. The molecule has 168 valence electrons. The quantitative estimate of drug-likeness (QED) is 0.292. The Balaban J connectivity index is 1.60. The Labute approximate surface area is 214 Å². The minimum absolute atomic E-state index is 0.0523. The number of Topliss-reactive ketones (excluding diaryl/α,β-unsaturated/α-hetero) is 1. The number of nitrogens with zero attached hydrogens (tertiary/aromatic N) is 3. The van der Waals surface area contributed by atoms with Crippen LogP contribution in [0.25, 0.3) is 6.08 Å². The molecule has 2 atom stereocenters. The minimum atomic E-state index is 0.0523. The van der Waals surface area contributed by atoms with Gasteiger partial charge in [0.2, 0.25) is 5.13 Å². The van der Waals surface area contributed by atoms with Crippen LogP contribution in [0.2, 0.25) is 0 Å². The zero-order valence-electron chi connectivity index (χ0n) is 18.4. The van der Waals surface area contributed by atoms with E-state index in [9.17, 15) is 4.79 Å². The molecular formula is C26H23Br2N3OS. The molecule has 2 heterocycles. The topological polar surface area (TPSA) is 45.6 Å². The number of aromatic nitrogens is 1. The third-order valence-electron chi connectivity index (χ3n) is 6.23. The van der Waals surface area contributed by atoms with Gasteiger partial charge in [0.05, 0.1) is 22.3 Å². The summed E-state index contributed by atoms with van der Waals surface area (Å²) in [7, 11) is 0. The highest BCUT2D eigenvalue weighted by molar-refractivity contribution is 9.10. The molecule has 0 N–H and O–H groups in total. The van der Waals surface area contributed by atoms with E-state index in [-0.39, 0.29) is 17.7 Å². The lowest BCUT2D eigenvalue weighted by Gasteiger charge is -2.29. The van der Waals surface area contributed by atoms with E-state index in [1.807, 2.05) is 6.92 Å². The largest absolute Gasteiger partial charge is 0.294 e. The van der Waals surface area contributed by atoms with Gasteiger partial charge < -0.3 is 0 Å². The van der Waals surface area contributed by atoms with Gasteiger partial charge in [0.15, 0.2) is 5.78 Å². The summed E-state index contributed by atoms with van der Waals surface area (Å²) < 4.78 is 2.13. The zero-order valence-corrected chi connectivity index (χ0v) is 22.4. The van der Waals surface area contributed by atoms with Gasteiger partial charge in [-0.05, 0) is 73.2 Å². The first-order chi connectivity index (χ1) is 15.9. The summed E-state index contributed by atoms with van der Waals surface area (Å²) in [4.78, 5) is 17.6. The average Bonchev–Trinajstić information content (AvgIpc) is 3.37. The summed E-state index contributed by atoms with van der Waals surface area (Å²) in [6.45, 7) is 3.51. The first kappa shape index (κ1) is 22.7. The number of ketones is 1. The Morgan fingerprint density at radius 1 is 1.09 bits per heavy atom. The van der Waals surface area contributed by atoms with Gasteiger partial charge in [0, 0.05) is 21.8 Å². The number of thiazole rings is 1. The molecule has 3 aromatic rings. The van der Waals surface area contributed by atoms with E-state index in [0.29, 0.717) is 4.88 Å². The Hall–Kier alpha value is -2.09. The number of hydrazone groups is 1. The number of hydrogen-bond acceptors (Lipinski definition) is 5. The fraction of sp³-hybridized carbons (Fsp3) is 0.269. The minimum Gasteiger partial charge on any atom is -0.294 e. The Morgan fingerprint density at radius 3 is 2.39 bits per heavy atom. The molecule has 0 spiro atoms. The highest BCUT2D eigenvalue weighted by atomic mass is 79.9. The van der Waals surface area contributed by atoms with Crippen LogP contribution < -0.4 is 5.01 Å². The van der Waals surface area contributed by atoms with E-state index in [2.05, 4.69) is 91.5 Å². The molecule has 1 saturated carbocycles. The second-order valence-electron chi connectivity index (χ2n) is 8.51. The van der Waals surface area contributed by atoms with Crippen LogP contribution in [0.1, 0.15) is 58.7 Å². The fourth-order valence-corrected chi connectivity index (χ4v) is 6.20. The molecule has 33 heavy (non-hydrogen) atoms. The Morgan fingerprint density at radius 2 is 1.76 bits per heavy atom. The maximum Gasteiger partial charge on any atom is 0.207 e. The van der Waals surface area contributed by atoms with Crippen LogP contribution >= 0.6 is 43.2 Å². The normalized spacial score (nSPS) is 21.3. The number of rotatable bonds is 4. The molecule has 1 aliphatic carbocycles. The van der Waals surface area contributed by atoms with Gasteiger partial charge in [-0.2, -0.15) is 5.10 Å². The molecule has 0 bridgehead atoms. The van der Waals surface area contributed by atoms with E-state index >= 15 is 0 Å². The van der Waals surface area contributed by atoms with Crippen LogP contribution in [0.3, 0.4) is 0 Å². The van der Waals surface area contributed by atoms with Gasteiger partial charge in [-0.1, -0.05) is 67.5 Å². The van der Waals surface area contributed by atoms with Crippen molar-refractivity contribution in [2.75, 3.05) is 5.01 Å². The molecule has 7 heteroatoms. The fourth-order valence-electron chi connectivity index (χ4n) is 4.72. The van der Waals surface area contributed by atoms with Crippen LogP contribution in [0.4, 0.5) is 5.13 Å². The van der Waals surface area contributed by atoms with Crippen molar-refractivity contribution in [2.24, 2.45) is 11.0 Å². The second kappa shape index (κ2) is 9.28. The summed E-state index contributed by atoms with van der Waals surface area (Å²) in [5.74, 6) is 0.336. The van der Waals surface area contributed by atoms with Crippen LogP contribution in [0, 0.1) is 12.8 Å². The summed E-state index contributed by atoms with van der Waals surface area (Å²) in [6.07, 6.45) is 5.50. The smallest absolute Gasteiger partial charge is 0.207 e. The predicted octanol–water partition coefficient (Wildman–Crippen LogP) is 7.98. The molecular weight excluding hydrogens is 562 g/mol. The van der Waals surface area contributed by atoms with Gasteiger partial charge in [0.1, 0.15) is 0 Å². The Bertz CT molecular complexity index is 1260. The molecule has 1 fully saturated rings. The van der Waals surface area contributed by atoms with Gasteiger partial charge in [-0.3, -0.25) is 4.79 Å². The molecule has 2 aromatic carbocycles. The molecule has 1 aliphatic heterocycles. The summed E-state index contributed by atoms with van der Waals surface area (Å²) >= 11 is 8.53. The van der Waals surface area contributed by atoms with Crippen LogP contribution in [0.15, 0.2) is 68.2 Å². The first-order valence-electron chi connectivity index (χ1n) is 11.0. The number of allylic oxidation sites excluding steroid dienone is 1. The molecule has 2 aliphatic rings. The molecule has 0 amide bonds. The standard InChI is InChI=1S/C26H23Br2N3OS/c1-15-25(16(2)32)33-26(29-15)31-24(18-8-12-21(28)13-9-18)22-5-3-4-19(23(22)30-31)14-17-6-10-20(27)11-7-17/h6-14,22,24H,3-5H2,1-2H3/b19-14-/t22-,24-/m0/s1. The predicted molar refractivity (Wildman–Crippen MR) is 143 cm³/mol. The maximum atomic E-state index is 12.1. The van der Waals surface area contributed by atoms with E-state index in [4.69, 9.17) is 10.1 Å². The lowest BCUT2D eigenvalue weighted by molar-refractivity contribution is 0.102. The molecule has 0 radical (unpaired) electrons. The number of fused-ring (bicyclic) bond motifs is 1. The lowest BCUT2D eigenvalue weighted by atomic mass is 9.77. The number of anilines is 1. The van der Waals surface area contributed by atoms with E-state index in [1.165, 1.54) is 28.0 Å².